The van der Waals surface area contributed by atoms with E-state index in [0.717, 1.165) is 28.8 Å². The first-order chi connectivity index (χ1) is 8.78. The lowest BCUT2D eigenvalue weighted by Crippen LogP contribution is -2.00. The van der Waals surface area contributed by atoms with Gasteiger partial charge in [0.2, 0.25) is 0 Å². The Hall–Kier alpha value is -1.26. The Kier molecular flexibility index (Phi) is 4.84. The van der Waals surface area contributed by atoms with E-state index in [-0.39, 0.29) is 0 Å². The molecule has 0 unspecified atom stereocenters. The predicted octanol–water partition coefficient (Wildman–Crippen LogP) is 3.85. The van der Waals surface area contributed by atoms with Crippen LogP contribution in [0.2, 0.25) is 5.02 Å². The second kappa shape index (κ2) is 6.61. The highest BCUT2D eigenvalue weighted by Crippen LogP contribution is 2.21. The molecular weight excluding hydrogens is 266 g/mol. The summed E-state index contributed by atoms with van der Waals surface area (Å²) in [6, 6.07) is 9.76. The first kappa shape index (κ1) is 13.2. The Morgan fingerprint density at radius 3 is 2.89 bits per heavy atom. The minimum atomic E-state index is 0.659. The molecule has 0 spiro atoms. The van der Waals surface area contributed by atoms with Crippen LogP contribution in [0, 0.1) is 0 Å². The third-order valence-electron chi connectivity index (χ3n) is 2.23. The number of hydrogen-bond donors (Lipinski definition) is 1. The molecule has 18 heavy (non-hydrogen) atoms. The van der Waals surface area contributed by atoms with Crippen LogP contribution in [-0.2, 0) is 5.75 Å². The molecule has 2 heterocycles. The van der Waals surface area contributed by atoms with E-state index >= 15 is 0 Å². The molecule has 2 aromatic rings. The summed E-state index contributed by atoms with van der Waals surface area (Å²) in [5.41, 5.74) is 1.04. The van der Waals surface area contributed by atoms with E-state index in [2.05, 4.69) is 22.2 Å². The zero-order valence-electron chi connectivity index (χ0n) is 10.1. The van der Waals surface area contributed by atoms with Crippen molar-refractivity contribution in [3.63, 3.8) is 0 Å². The summed E-state index contributed by atoms with van der Waals surface area (Å²) in [4.78, 5) is 8.75. The van der Waals surface area contributed by atoms with Gasteiger partial charge in [0.05, 0.1) is 15.7 Å². The lowest BCUT2D eigenvalue weighted by atomic mass is 10.4. The van der Waals surface area contributed by atoms with Gasteiger partial charge in [-0.25, -0.2) is 9.97 Å². The van der Waals surface area contributed by atoms with Crippen molar-refractivity contribution in [3.05, 3.63) is 47.2 Å². The number of nitrogens with zero attached hydrogens (tertiary/aromatic N) is 2. The molecule has 0 bridgehead atoms. The number of thioether (sulfide) groups is 1. The van der Waals surface area contributed by atoms with Crippen LogP contribution in [0.1, 0.15) is 12.6 Å². The first-order valence-electron chi connectivity index (χ1n) is 5.72. The van der Waals surface area contributed by atoms with Crippen LogP contribution in [0.5, 0.6) is 0 Å². The van der Waals surface area contributed by atoms with Crippen molar-refractivity contribution in [2.75, 3.05) is 11.9 Å². The third-order valence-corrected chi connectivity index (χ3v) is 3.43. The SMILES string of the molecule is CCNc1cccc(CSc2ccc(Cl)cn2)n1. The van der Waals surface area contributed by atoms with Crippen molar-refractivity contribution in [2.24, 2.45) is 0 Å². The van der Waals surface area contributed by atoms with Gasteiger partial charge in [-0.15, -0.1) is 11.8 Å². The van der Waals surface area contributed by atoms with Crippen molar-refractivity contribution in [3.8, 4) is 0 Å². The summed E-state index contributed by atoms with van der Waals surface area (Å²) in [5.74, 6) is 1.72. The molecule has 0 saturated carbocycles. The zero-order chi connectivity index (χ0) is 12.8. The van der Waals surface area contributed by atoms with Crippen LogP contribution in [0.3, 0.4) is 0 Å². The van der Waals surface area contributed by atoms with Gasteiger partial charge < -0.3 is 5.32 Å². The molecule has 0 radical (unpaired) electrons. The molecule has 0 aliphatic rings. The molecule has 0 atom stereocenters. The third kappa shape index (κ3) is 3.89. The van der Waals surface area contributed by atoms with E-state index < -0.39 is 0 Å². The zero-order valence-corrected chi connectivity index (χ0v) is 11.6. The largest absolute Gasteiger partial charge is 0.370 e. The van der Waals surface area contributed by atoms with Crippen LogP contribution in [0.25, 0.3) is 0 Å². The number of hydrogen-bond acceptors (Lipinski definition) is 4. The number of rotatable bonds is 5. The Bertz CT molecular complexity index is 502. The molecule has 94 valence electrons. The Labute approximate surface area is 116 Å². The molecule has 0 aromatic carbocycles. The number of anilines is 1. The average molecular weight is 280 g/mol. The predicted molar refractivity (Wildman–Crippen MR) is 77.2 cm³/mol. The normalized spacial score (nSPS) is 10.3. The monoisotopic (exact) mass is 279 g/mol. The number of pyridine rings is 2. The highest BCUT2D eigenvalue weighted by molar-refractivity contribution is 7.98. The number of aromatic nitrogens is 2. The standard InChI is InChI=1S/C13H14ClN3S/c1-2-15-12-5-3-4-11(17-12)9-18-13-7-6-10(14)8-16-13/h3-8H,2,9H2,1H3,(H,15,17). The van der Waals surface area contributed by atoms with E-state index in [1.54, 1.807) is 18.0 Å². The summed E-state index contributed by atoms with van der Waals surface area (Å²) in [5, 5.41) is 4.81. The quantitative estimate of drug-likeness (QED) is 0.844. The summed E-state index contributed by atoms with van der Waals surface area (Å²) < 4.78 is 0. The molecular formula is C13H14ClN3S. The highest BCUT2D eigenvalue weighted by Gasteiger charge is 2.00. The first-order valence-corrected chi connectivity index (χ1v) is 7.08. The molecule has 0 fully saturated rings. The average Bonchev–Trinajstić information content (AvgIpc) is 2.39. The van der Waals surface area contributed by atoms with Gasteiger partial charge in [-0.2, -0.15) is 0 Å². The Balaban J connectivity index is 1.97. The Morgan fingerprint density at radius 2 is 2.17 bits per heavy atom. The maximum Gasteiger partial charge on any atom is 0.126 e. The van der Waals surface area contributed by atoms with Gasteiger partial charge in [0.25, 0.3) is 0 Å². The molecule has 0 aliphatic heterocycles. The van der Waals surface area contributed by atoms with E-state index in [9.17, 15) is 0 Å². The van der Waals surface area contributed by atoms with E-state index in [1.807, 2.05) is 30.3 Å². The van der Waals surface area contributed by atoms with Crippen LogP contribution >= 0.6 is 23.4 Å². The highest BCUT2D eigenvalue weighted by atomic mass is 35.5. The number of halogens is 1. The van der Waals surface area contributed by atoms with Crippen molar-refractivity contribution in [2.45, 2.75) is 17.7 Å². The summed E-state index contributed by atoms with van der Waals surface area (Å²) in [7, 11) is 0. The van der Waals surface area contributed by atoms with Gasteiger partial charge in [0.15, 0.2) is 0 Å². The van der Waals surface area contributed by atoms with Crippen molar-refractivity contribution >= 4 is 29.2 Å². The van der Waals surface area contributed by atoms with E-state index in [0.29, 0.717) is 5.02 Å². The smallest absolute Gasteiger partial charge is 0.126 e. The van der Waals surface area contributed by atoms with Gasteiger partial charge in [-0.3, -0.25) is 0 Å². The van der Waals surface area contributed by atoms with Crippen LogP contribution in [0.4, 0.5) is 5.82 Å². The fraction of sp³-hybridized carbons (Fsp3) is 0.231. The Morgan fingerprint density at radius 1 is 1.28 bits per heavy atom. The maximum absolute atomic E-state index is 5.79. The van der Waals surface area contributed by atoms with E-state index in [4.69, 9.17) is 11.6 Å². The molecule has 1 N–H and O–H groups in total. The fourth-order valence-corrected chi connectivity index (χ4v) is 2.29. The summed E-state index contributed by atoms with van der Waals surface area (Å²) >= 11 is 7.44. The maximum atomic E-state index is 5.79. The molecule has 0 saturated heterocycles. The lowest BCUT2D eigenvalue weighted by Gasteiger charge is -2.05. The van der Waals surface area contributed by atoms with Gasteiger partial charge in [-0.1, -0.05) is 17.7 Å². The van der Waals surface area contributed by atoms with Crippen LogP contribution < -0.4 is 5.32 Å². The van der Waals surface area contributed by atoms with Gasteiger partial charge >= 0.3 is 0 Å². The molecule has 5 heteroatoms. The van der Waals surface area contributed by atoms with E-state index in [1.165, 1.54) is 0 Å². The second-order valence-corrected chi connectivity index (χ2v) is 5.08. The van der Waals surface area contributed by atoms with Gasteiger partial charge in [0.1, 0.15) is 5.82 Å². The van der Waals surface area contributed by atoms with Crippen molar-refractivity contribution in [1.82, 2.24) is 9.97 Å². The summed E-state index contributed by atoms with van der Waals surface area (Å²) in [6.45, 7) is 2.93. The molecule has 0 aliphatic carbocycles. The van der Waals surface area contributed by atoms with Crippen LogP contribution in [-0.4, -0.2) is 16.5 Å². The minimum absolute atomic E-state index is 0.659. The van der Waals surface area contributed by atoms with Crippen molar-refractivity contribution in [1.29, 1.82) is 0 Å². The number of nitrogens with one attached hydrogen (secondary N) is 1. The second-order valence-electron chi connectivity index (χ2n) is 3.65. The lowest BCUT2D eigenvalue weighted by molar-refractivity contribution is 1.10. The molecule has 2 rings (SSSR count). The molecule has 0 amide bonds. The van der Waals surface area contributed by atoms with Crippen LogP contribution in [0.15, 0.2) is 41.6 Å². The van der Waals surface area contributed by atoms with Gasteiger partial charge in [0, 0.05) is 18.5 Å². The fourth-order valence-electron chi connectivity index (χ4n) is 1.44. The summed E-state index contributed by atoms with van der Waals surface area (Å²) in [6.07, 6.45) is 1.66. The topological polar surface area (TPSA) is 37.8 Å². The minimum Gasteiger partial charge on any atom is -0.370 e. The van der Waals surface area contributed by atoms with Crippen molar-refractivity contribution < 1.29 is 0 Å². The molecule has 3 nitrogen and oxygen atoms in total. The van der Waals surface area contributed by atoms with Gasteiger partial charge in [-0.05, 0) is 31.2 Å². The molecule has 2 aromatic heterocycles.